The smallest absolute Gasteiger partial charge is 0.0926 e. The molecule has 0 saturated carbocycles. The molecule has 0 aromatic rings. The fourth-order valence-corrected chi connectivity index (χ4v) is 1.80. The van der Waals surface area contributed by atoms with Crippen LogP contribution < -0.4 is 10.6 Å². The van der Waals surface area contributed by atoms with E-state index in [0.717, 1.165) is 11.5 Å². The maximum absolute atomic E-state index is 5.08. The fourth-order valence-electron chi connectivity index (χ4n) is 1.53. The van der Waals surface area contributed by atoms with Gasteiger partial charge in [0, 0.05) is 12.6 Å². The summed E-state index contributed by atoms with van der Waals surface area (Å²) in [4.78, 5) is 1.02. The SMILES string of the molecule is Cl.S=C1NC[C@H]2CC[C@@H]1N2. The Morgan fingerprint density at radius 1 is 1.40 bits per heavy atom. The highest BCUT2D eigenvalue weighted by atomic mass is 35.5. The lowest BCUT2D eigenvalue weighted by atomic mass is 10.2. The molecular weight excluding hydrogens is 168 g/mol. The Morgan fingerprint density at radius 3 is 2.90 bits per heavy atom. The minimum Gasteiger partial charge on any atom is -0.377 e. The molecule has 2 atom stereocenters. The van der Waals surface area contributed by atoms with Crippen molar-refractivity contribution in [3.05, 3.63) is 0 Å². The standard InChI is InChI=1S/C6H10N2S.ClH/c9-6-5-2-1-4(8-5)3-7-6;/h4-5,8H,1-3H2,(H,7,9);1H/t4-,5+;/m1./s1. The Hall–Kier alpha value is 0.140. The van der Waals surface area contributed by atoms with Gasteiger partial charge in [0.25, 0.3) is 0 Å². The summed E-state index contributed by atoms with van der Waals surface area (Å²) < 4.78 is 0. The second-order valence-electron chi connectivity index (χ2n) is 2.74. The van der Waals surface area contributed by atoms with Crippen LogP contribution in [0.3, 0.4) is 0 Å². The van der Waals surface area contributed by atoms with Gasteiger partial charge in [0.1, 0.15) is 0 Å². The molecular formula is C6H11ClN2S. The van der Waals surface area contributed by atoms with Crippen molar-refractivity contribution in [3.8, 4) is 0 Å². The van der Waals surface area contributed by atoms with Crippen molar-refractivity contribution in [2.45, 2.75) is 24.9 Å². The van der Waals surface area contributed by atoms with Gasteiger partial charge in [-0.3, -0.25) is 0 Å². The van der Waals surface area contributed by atoms with Gasteiger partial charge in [-0.05, 0) is 12.8 Å². The Bertz CT molecular complexity index is 151. The Kier molecular flexibility index (Phi) is 2.50. The number of rotatable bonds is 0. The molecule has 4 heteroatoms. The number of thiocarbonyl (C=S) groups is 1. The third kappa shape index (κ3) is 1.26. The van der Waals surface area contributed by atoms with Crippen molar-refractivity contribution < 1.29 is 0 Å². The van der Waals surface area contributed by atoms with Gasteiger partial charge in [-0.2, -0.15) is 0 Å². The summed E-state index contributed by atoms with van der Waals surface area (Å²) in [6.07, 6.45) is 2.52. The van der Waals surface area contributed by atoms with E-state index < -0.39 is 0 Å². The van der Waals surface area contributed by atoms with Crippen LogP contribution in [0.15, 0.2) is 0 Å². The number of piperazine rings is 1. The van der Waals surface area contributed by atoms with Crippen molar-refractivity contribution in [3.63, 3.8) is 0 Å². The number of nitrogens with one attached hydrogen (secondary N) is 2. The highest BCUT2D eigenvalue weighted by molar-refractivity contribution is 7.80. The molecule has 0 unspecified atom stereocenters. The lowest BCUT2D eigenvalue weighted by molar-refractivity contribution is 0.541. The first-order chi connectivity index (χ1) is 4.36. The van der Waals surface area contributed by atoms with Crippen LogP contribution in [-0.2, 0) is 0 Å². The summed E-state index contributed by atoms with van der Waals surface area (Å²) in [5.74, 6) is 0. The summed E-state index contributed by atoms with van der Waals surface area (Å²) in [7, 11) is 0. The van der Waals surface area contributed by atoms with Crippen LogP contribution in [0.4, 0.5) is 0 Å². The monoisotopic (exact) mass is 178 g/mol. The van der Waals surface area contributed by atoms with E-state index in [1.807, 2.05) is 0 Å². The van der Waals surface area contributed by atoms with Crippen molar-refractivity contribution in [2.75, 3.05) is 6.54 Å². The Morgan fingerprint density at radius 2 is 2.20 bits per heavy atom. The molecule has 0 aromatic heterocycles. The first-order valence-corrected chi connectivity index (χ1v) is 3.81. The number of halogens is 1. The van der Waals surface area contributed by atoms with E-state index >= 15 is 0 Å². The van der Waals surface area contributed by atoms with Crippen molar-refractivity contribution in [2.24, 2.45) is 0 Å². The van der Waals surface area contributed by atoms with E-state index in [4.69, 9.17) is 12.2 Å². The molecule has 0 aliphatic carbocycles. The quantitative estimate of drug-likeness (QED) is 0.528. The van der Waals surface area contributed by atoms with Crippen LogP contribution in [0.2, 0.25) is 0 Å². The molecule has 0 radical (unpaired) electrons. The molecule has 0 aromatic carbocycles. The number of fused-ring (bicyclic) bond motifs is 2. The van der Waals surface area contributed by atoms with Crippen molar-refractivity contribution in [1.29, 1.82) is 0 Å². The van der Waals surface area contributed by atoms with Crippen LogP contribution in [-0.4, -0.2) is 23.6 Å². The van der Waals surface area contributed by atoms with Crippen molar-refractivity contribution in [1.82, 2.24) is 10.6 Å². The van der Waals surface area contributed by atoms with Crippen LogP contribution >= 0.6 is 24.6 Å². The van der Waals surface area contributed by atoms with Gasteiger partial charge in [-0.15, -0.1) is 12.4 Å². The van der Waals surface area contributed by atoms with E-state index in [0.29, 0.717) is 12.1 Å². The van der Waals surface area contributed by atoms with Gasteiger partial charge in [-0.1, -0.05) is 12.2 Å². The van der Waals surface area contributed by atoms with Gasteiger partial charge in [-0.25, -0.2) is 0 Å². The highest BCUT2D eigenvalue weighted by Gasteiger charge is 2.30. The predicted octanol–water partition coefficient (Wildman–Crippen LogP) is 0.459. The maximum atomic E-state index is 5.08. The zero-order valence-electron chi connectivity index (χ0n) is 5.59. The maximum Gasteiger partial charge on any atom is 0.0926 e. The van der Waals surface area contributed by atoms with Crippen molar-refractivity contribution >= 4 is 29.6 Å². The molecule has 2 N–H and O–H groups in total. The average molecular weight is 179 g/mol. The van der Waals surface area contributed by atoms with Crippen LogP contribution in [0.1, 0.15) is 12.8 Å². The molecule has 0 amide bonds. The van der Waals surface area contributed by atoms with Gasteiger partial charge < -0.3 is 10.6 Å². The summed E-state index contributed by atoms with van der Waals surface area (Å²) in [5, 5.41) is 6.65. The summed E-state index contributed by atoms with van der Waals surface area (Å²) in [6.45, 7) is 1.04. The number of hydrogen-bond donors (Lipinski definition) is 2. The summed E-state index contributed by atoms with van der Waals surface area (Å²) >= 11 is 5.08. The molecule has 10 heavy (non-hydrogen) atoms. The van der Waals surface area contributed by atoms with Crippen LogP contribution in [0.5, 0.6) is 0 Å². The number of hydrogen-bond acceptors (Lipinski definition) is 2. The topological polar surface area (TPSA) is 24.1 Å². The van der Waals surface area contributed by atoms with E-state index in [1.54, 1.807) is 0 Å². The predicted molar refractivity (Wildman–Crippen MR) is 47.8 cm³/mol. The first kappa shape index (κ1) is 8.24. The van der Waals surface area contributed by atoms with Gasteiger partial charge in [0.2, 0.25) is 0 Å². The summed E-state index contributed by atoms with van der Waals surface area (Å²) in [5.41, 5.74) is 0. The van der Waals surface area contributed by atoms with Crippen LogP contribution in [0.25, 0.3) is 0 Å². The molecule has 58 valence electrons. The largest absolute Gasteiger partial charge is 0.377 e. The molecule has 2 bridgehead atoms. The third-order valence-corrected chi connectivity index (χ3v) is 2.51. The normalized spacial score (nSPS) is 36.6. The highest BCUT2D eigenvalue weighted by Crippen LogP contribution is 2.15. The van der Waals surface area contributed by atoms with E-state index in [2.05, 4.69) is 10.6 Å². The lowest BCUT2D eigenvalue weighted by Crippen LogP contribution is -2.51. The van der Waals surface area contributed by atoms with E-state index in [-0.39, 0.29) is 12.4 Å². The minimum atomic E-state index is 0. The second-order valence-corrected chi connectivity index (χ2v) is 3.18. The lowest BCUT2D eigenvalue weighted by Gasteiger charge is -2.23. The molecule has 2 aliphatic rings. The molecule has 0 spiro atoms. The molecule has 2 aliphatic heterocycles. The van der Waals surface area contributed by atoms with Gasteiger partial charge in [0.05, 0.1) is 11.0 Å². The summed E-state index contributed by atoms with van der Waals surface area (Å²) in [6, 6.07) is 1.19. The molecule has 2 rings (SSSR count). The molecule has 2 nitrogen and oxygen atoms in total. The molecule has 2 fully saturated rings. The van der Waals surface area contributed by atoms with Crippen LogP contribution in [0, 0.1) is 0 Å². The minimum absolute atomic E-state index is 0. The first-order valence-electron chi connectivity index (χ1n) is 3.40. The zero-order chi connectivity index (χ0) is 6.27. The molecule has 2 saturated heterocycles. The fraction of sp³-hybridized carbons (Fsp3) is 0.833. The van der Waals surface area contributed by atoms with Gasteiger partial charge in [0.15, 0.2) is 0 Å². The second kappa shape index (κ2) is 3.03. The molecule has 2 heterocycles. The zero-order valence-corrected chi connectivity index (χ0v) is 7.23. The average Bonchev–Trinajstić information content (AvgIpc) is 2.25. The Labute approximate surface area is 72.2 Å². The Balaban J connectivity index is 0.000000500. The third-order valence-electron chi connectivity index (χ3n) is 2.08. The van der Waals surface area contributed by atoms with E-state index in [9.17, 15) is 0 Å². The van der Waals surface area contributed by atoms with Gasteiger partial charge >= 0.3 is 0 Å². The van der Waals surface area contributed by atoms with E-state index in [1.165, 1.54) is 12.8 Å².